The summed E-state index contributed by atoms with van der Waals surface area (Å²) in [6, 6.07) is -0.307. The minimum atomic E-state index is -0.864. The van der Waals surface area contributed by atoms with Crippen LogP contribution in [-0.2, 0) is 14.3 Å². The molecule has 1 amide bonds. The third-order valence-electron chi connectivity index (χ3n) is 5.07. The van der Waals surface area contributed by atoms with Crippen molar-refractivity contribution in [2.24, 2.45) is 16.6 Å². The van der Waals surface area contributed by atoms with Crippen LogP contribution in [0.3, 0.4) is 0 Å². The highest BCUT2D eigenvalue weighted by molar-refractivity contribution is 5.85. The van der Waals surface area contributed by atoms with Crippen LogP contribution in [0.5, 0.6) is 0 Å². The van der Waals surface area contributed by atoms with E-state index in [4.69, 9.17) is 10.5 Å². The number of carboxylic acid groups (broad SMARTS) is 1. The Morgan fingerprint density at radius 1 is 1.35 bits per heavy atom. The first-order chi connectivity index (χ1) is 9.44. The van der Waals surface area contributed by atoms with E-state index in [-0.39, 0.29) is 18.5 Å². The highest BCUT2D eigenvalue weighted by Crippen LogP contribution is 2.39. The summed E-state index contributed by atoms with van der Waals surface area (Å²) < 4.78 is 5.30. The van der Waals surface area contributed by atoms with Crippen molar-refractivity contribution < 1.29 is 19.4 Å². The first-order valence-corrected chi connectivity index (χ1v) is 7.27. The standard InChI is InChI=1S/C14H24N2O4/c1-13(12(18)19)4-2-3-10(13)16-11(17)14(9-15)5-7-20-8-6-14/h10H,2-9,15H2,1H3,(H,16,17)(H,18,19). The predicted molar refractivity (Wildman–Crippen MR) is 73.1 cm³/mol. The molecule has 2 fully saturated rings. The molecule has 2 atom stereocenters. The fourth-order valence-electron chi connectivity index (χ4n) is 3.25. The van der Waals surface area contributed by atoms with Crippen LogP contribution in [0, 0.1) is 10.8 Å². The first-order valence-electron chi connectivity index (χ1n) is 7.27. The lowest BCUT2D eigenvalue weighted by Crippen LogP contribution is -2.55. The highest BCUT2D eigenvalue weighted by Gasteiger charge is 2.48. The van der Waals surface area contributed by atoms with E-state index in [2.05, 4.69) is 5.32 Å². The van der Waals surface area contributed by atoms with Gasteiger partial charge in [-0.1, -0.05) is 6.42 Å². The van der Waals surface area contributed by atoms with Gasteiger partial charge in [0.2, 0.25) is 5.91 Å². The van der Waals surface area contributed by atoms with Gasteiger partial charge in [-0.3, -0.25) is 9.59 Å². The van der Waals surface area contributed by atoms with Crippen molar-refractivity contribution in [3.05, 3.63) is 0 Å². The zero-order valence-electron chi connectivity index (χ0n) is 12.0. The fraction of sp³-hybridized carbons (Fsp3) is 0.857. The molecular formula is C14H24N2O4. The Morgan fingerprint density at radius 3 is 2.55 bits per heavy atom. The van der Waals surface area contributed by atoms with Gasteiger partial charge in [-0.15, -0.1) is 0 Å². The van der Waals surface area contributed by atoms with E-state index in [0.29, 0.717) is 38.9 Å². The zero-order valence-corrected chi connectivity index (χ0v) is 12.0. The molecule has 1 saturated carbocycles. The van der Waals surface area contributed by atoms with Crippen LogP contribution in [0.1, 0.15) is 39.0 Å². The monoisotopic (exact) mass is 284 g/mol. The van der Waals surface area contributed by atoms with E-state index in [9.17, 15) is 14.7 Å². The Kier molecular flexibility index (Phi) is 4.34. The van der Waals surface area contributed by atoms with E-state index in [0.717, 1.165) is 6.42 Å². The lowest BCUT2D eigenvalue weighted by molar-refractivity contribution is -0.150. The van der Waals surface area contributed by atoms with Crippen molar-refractivity contribution in [2.45, 2.75) is 45.1 Å². The molecule has 0 radical (unpaired) electrons. The summed E-state index contributed by atoms with van der Waals surface area (Å²) in [6.45, 7) is 3.06. The number of rotatable bonds is 4. The number of aliphatic carboxylic acids is 1. The third-order valence-corrected chi connectivity index (χ3v) is 5.07. The van der Waals surface area contributed by atoms with Crippen LogP contribution in [0.15, 0.2) is 0 Å². The van der Waals surface area contributed by atoms with Gasteiger partial charge >= 0.3 is 5.97 Å². The molecule has 6 heteroatoms. The number of carboxylic acids is 1. The smallest absolute Gasteiger partial charge is 0.311 e. The van der Waals surface area contributed by atoms with Crippen molar-refractivity contribution in [2.75, 3.05) is 19.8 Å². The number of nitrogens with one attached hydrogen (secondary N) is 1. The minimum Gasteiger partial charge on any atom is -0.481 e. The van der Waals surface area contributed by atoms with Crippen LogP contribution in [0.2, 0.25) is 0 Å². The molecule has 1 aliphatic carbocycles. The SMILES string of the molecule is CC1(C(=O)O)CCCC1NC(=O)C1(CN)CCOCC1. The van der Waals surface area contributed by atoms with Gasteiger partial charge in [-0.2, -0.15) is 0 Å². The minimum absolute atomic E-state index is 0.109. The molecule has 0 spiro atoms. The second kappa shape index (κ2) is 5.69. The van der Waals surface area contributed by atoms with Crippen molar-refractivity contribution >= 4 is 11.9 Å². The average molecular weight is 284 g/mol. The van der Waals surface area contributed by atoms with Gasteiger partial charge < -0.3 is 20.9 Å². The number of carbonyl (C=O) groups is 2. The molecule has 0 aromatic rings. The molecule has 2 aliphatic rings. The molecule has 2 unspecified atom stereocenters. The summed E-state index contributed by atoms with van der Waals surface area (Å²) >= 11 is 0. The van der Waals surface area contributed by atoms with Crippen molar-refractivity contribution in [3.8, 4) is 0 Å². The second-order valence-electron chi connectivity index (χ2n) is 6.24. The van der Waals surface area contributed by atoms with Crippen LogP contribution >= 0.6 is 0 Å². The molecule has 0 aromatic heterocycles. The number of hydrogen-bond donors (Lipinski definition) is 3. The van der Waals surface area contributed by atoms with Gasteiger partial charge in [0.15, 0.2) is 0 Å². The van der Waals surface area contributed by atoms with E-state index in [1.165, 1.54) is 0 Å². The molecule has 0 bridgehead atoms. The topological polar surface area (TPSA) is 102 Å². The largest absolute Gasteiger partial charge is 0.481 e. The van der Waals surface area contributed by atoms with Gasteiger partial charge in [-0.05, 0) is 32.6 Å². The van der Waals surface area contributed by atoms with Crippen LogP contribution < -0.4 is 11.1 Å². The Bertz CT molecular complexity index is 393. The number of ether oxygens (including phenoxy) is 1. The van der Waals surface area contributed by atoms with Crippen molar-refractivity contribution in [1.29, 1.82) is 0 Å². The number of hydrogen-bond acceptors (Lipinski definition) is 4. The number of carbonyl (C=O) groups excluding carboxylic acids is 1. The molecule has 6 nitrogen and oxygen atoms in total. The summed E-state index contributed by atoms with van der Waals surface area (Å²) in [5.41, 5.74) is 4.35. The summed E-state index contributed by atoms with van der Waals surface area (Å²) in [4.78, 5) is 24.0. The Hall–Kier alpha value is -1.14. The quantitative estimate of drug-likeness (QED) is 0.698. The summed E-state index contributed by atoms with van der Waals surface area (Å²) in [5, 5.41) is 12.3. The van der Waals surface area contributed by atoms with Gasteiger partial charge in [0.1, 0.15) is 0 Å². The van der Waals surface area contributed by atoms with E-state index >= 15 is 0 Å². The van der Waals surface area contributed by atoms with Crippen molar-refractivity contribution in [1.82, 2.24) is 5.32 Å². The predicted octanol–water partition coefficient (Wildman–Crippen LogP) is 0.502. The summed E-state index contributed by atoms with van der Waals surface area (Å²) in [6.07, 6.45) is 3.35. The molecule has 1 heterocycles. The van der Waals surface area contributed by atoms with Gasteiger partial charge in [0.05, 0.1) is 10.8 Å². The van der Waals surface area contributed by atoms with E-state index in [1.807, 2.05) is 0 Å². The first kappa shape index (κ1) is 15.3. The molecule has 0 aromatic carbocycles. The maximum Gasteiger partial charge on any atom is 0.311 e. The second-order valence-corrected chi connectivity index (χ2v) is 6.24. The van der Waals surface area contributed by atoms with Crippen LogP contribution in [0.4, 0.5) is 0 Å². The lowest BCUT2D eigenvalue weighted by Gasteiger charge is -2.37. The number of amides is 1. The van der Waals surface area contributed by atoms with Crippen LogP contribution in [-0.4, -0.2) is 42.8 Å². The van der Waals surface area contributed by atoms with Gasteiger partial charge in [0, 0.05) is 25.8 Å². The molecule has 4 N–H and O–H groups in total. The number of nitrogens with two attached hydrogens (primary N) is 1. The zero-order chi connectivity index (χ0) is 14.8. The lowest BCUT2D eigenvalue weighted by atomic mass is 9.78. The van der Waals surface area contributed by atoms with E-state index < -0.39 is 16.8 Å². The third kappa shape index (κ3) is 2.54. The maximum atomic E-state index is 12.6. The molecular weight excluding hydrogens is 260 g/mol. The summed E-state index contributed by atoms with van der Waals surface area (Å²) in [5.74, 6) is -0.947. The molecule has 1 aliphatic heterocycles. The van der Waals surface area contributed by atoms with Gasteiger partial charge in [-0.25, -0.2) is 0 Å². The Labute approximate surface area is 119 Å². The van der Waals surface area contributed by atoms with E-state index in [1.54, 1.807) is 6.92 Å². The maximum absolute atomic E-state index is 12.6. The normalized spacial score (nSPS) is 32.8. The molecule has 1 saturated heterocycles. The fourth-order valence-corrected chi connectivity index (χ4v) is 3.25. The molecule has 114 valence electrons. The average Bonchev–Trinajstić information content (AvgIpc) is 2.82. The Morgan fingerprint density at radius 2 is 2.00 bits per heavy atom. The molecule has 2 rings (SSSR count). The highest BCUT2D eigenvalue weighted by atomic mass is 16.5. The molecule has 20 heavy (non-hydrogen) atoms. The van der Waals surface area contributed by atoms with Crippen molar-refractivity contribution in [3.63, 3.8) is 0 Å². The summed E-state index contributed by atoms with van der Waals surface area (Å²) in [7, 11) is 0. The van der Waals surface area contributed by atoms with Crippen LogP contribution in [0.25, 0.3) is 0 Å². The van der Waals surface area contributed by atoms with Gasteiger partial charge in [0.25, 0.3) is 0 Å². The Balaban J connectivity index is 2.08.